The quantitative estimate of drug-likeness (QED) is 0.467. The molecule has 4 aliphatic carbocycles. The minimum atomic E-state index is -0.132. The first-order chi connectivity index (χ1) is 18.7. The molecule has 6 nitrogen and oxygen atoms in total. The molecule has 5 aliphatic rings. The highest BCUT2D eigenvalue weighted by Crippen LogP contribution is 2.67. The van der Waals surface area contributed by atoms with Crippen molar-refractivity contribution in [2.45, 2.75) is 91.1 Å². The minimum Gasteiger partial charge on any atom is -0.492 e. The molecule has 6 heteroatoms. The van der Waals surface area contributed by atoms with Gasteiger partial charge in [0.2, 0.25) is 11.8 Å². The van der Waals surface area contributed by atoms with Crippen LogP contribution in [0.25, 0.3) is 0 Å². The third-order valence-electron chi connectivity index (χ3n) is 12.4. The number of rotatable bonds is 5. The maximum atomic E-state index is 13.2. The van der Waals surface area contributed by atoms with Crippen molar-refractivity contribution in [2.24, 2.45) is 40.4 Å². The zero-order valence-electron chi connectivity index (χ0n) is 24.3. The zero-order valence-corrected chi connectivity index (χ0v) is 24.3. The Morgan fingerprint density at radius 2 is 1.90 bits per heavy atom. The van der Waals surface area contributed by atoms with Crippen LogP contribution in [-0.4, -0.2) is 58.3 Å². The zero-order chi connectivity index (χ0) is 27.4. The summed E-state index contributed by atoms with van der Waals surface area (Å²) in [6, 6.07) is 3.74. The Kier molecular flexibility index (Phi) is 7.22. The van der Waals surface area contributed by atoms with Crippen LogP contribution in [0.1, 0.15) is 85.0 Å². The second kappa shape index (κ2) is 10.4. The molecule has 0 bridgehead atoms. The van der Waals surface area contributed by atoms with E-state index in [1.165, 1.54) is 32.1 Å². The second-order valence-corrected chi connectivity index (χ2v) is 14.1. The van der Waals surface area contributed by atoms with E-state index in [0.29, 0.717) is 42.2 Å². The van der Waals surface area contributed by atoms with E-state index in [2.05, 4.69) is 36.7 Å². The molecule has 8 atom stereocenters. The van der Waals surface area contributed by atoms with Gasteiger partial charge in [0.15, 0.2) is 0 Å². The first-order valence-corrected chi connectivity index (χ1v) is 15.7. The van der Waals surface area contributed by atoms with Gasteiger partial charge in [0.1, 0.15) is 0 Å². The summed E-state index contributed by atoms with van der Waals surface area (Å²) in [5.41, 5.74) is 3.03. The highest BCUT2D eigenvalue weighted by atomic mass is 16.3. The highest BCUT2D eigenvalue weighted by Gasteiger charge is 2.59. The smallest absolute Gasteiger partial charge is 0.235 e. The molecule has 1 amide bonds. The first-order valence-electron chi connectivity index (χ1n) is 15.7. The number of pyridine rings is 1. The maximum absolute atomic E-state index is 13.2. The van der Waals surface area contributed by atoms with Gasteiger partial charge in [-0.05, 0) is 110 Å². The normalized spacial score (nSPS) is 38.9. The Labute approximate surface area is 234 Å². The predicted molar refractivity (Wildman–Crippen MR) is 154 cm³/mol. The summed E-state index contributed by atoms with van der Waals surface area (Å²) >= 11 is 0. The molecule has 0 radical (unpaired) electrons. The van der Waals surface area contributed by atoms with Crippen LogP contribution in [0.2, 0.25) is 0 Å². The van der Waals surface area contributed by atoms with Gasteiger partial charge in [0.25, 0.3) is 0 Å². The van der Waals surface area contributed by atoms with E-state index in [0.717, 1.165) is 62.2 Å². The summed E-state index contributed by atoms with van der Waals surface area (Å²) in [5, 5.41) is 20.4. The van der Waals surface area contributed by atoms with Crippen LogP contribution < -0.4 is 4.90 Å². The van der Waals surface area contributed by atoms with Gasteiger partial charge in [0, 0.05) is 38.8 Å². The van der Waals surface area contributed by atoms with Crippen LogP contribution in [0, 0.1) is 40.4 Å². The molecule has 214 valence electrons. The third kappa shape index (κ3) is 4.69. The lowest BCUT2D eigenvalue weighted by Gasteiger charge is -2.58. The number of hydrogen-bond donors (Lipinski definition) is 2. The van der Waals surface area contributed by atoms with Crippen LogP contribution in [0.5, 0.6) is 5.88 Å². The SMILES string of the molecule is CC(CCC(=O)N1CCN(c2cccnc2O)CC1)[C@H]1CC[C@H]2[C@@H]3CC=C4C[C@@H](O)CC[C@]4(C)[C@H]3CC[C@]12C. The molecule has 2 N–H and O–H groups in total. The molecule has 4 fully saturated rings. The molecule has 1 saturated heterocycles. The number of aromatic hydroxyl groups is 1. The fourth-order valence-corrected chi connectivity index (χ4v) is 10.2. The number of fused-ring (bicyclic) bond motifs is 5. The van der Waals surface area contributed by atoms with Crippen molar-refractivity contribution in [1.82, 2.24) is 9.88 Å². The number of nitrogens with zero attached hydrogens (tertiary/aromatic N) is 3. The summed E-state index contributed by atoms with van der Waals surface area (Å²) in [4.78, 5) is 21.3. The first kappa shape index (κ1) is 27.1. The van der Waals surface area contributed by atoms with Crippen molar-refractivity contribution in [2.75, 3.05) is 31.1 Å². The number of carbonyl (C=O) groups excluding carboxylic acids is 1. The monoisotopic (exact) mass is 535 g/mol. The van der Waals surface area contributed by atoms with Crippen molar-refractivity contribution >= 4 is 11.6 Å². The molecule has 0 spiro atoms. The molecule has 6 rings (SSSR count). The van der Waals surface area contributed by atoms with Gasteiger partial charge in [-0.1, -0.05) is 32.4 Å². The second-order valence-electron chi connectivity index (χ2n) is 14.1. The van der Waals surface area contributed by atoms with Crippen LogP contribution in [0.4, 0.5) is 5.69 Å². The lowest BCUT2D eigenvalue weighted by atomic mass is 9.47. The Morgan fingerprint density at radius 1 is 1.10 bits per heavy atom. The number of piperazine rings is 1. The number of amides is 1. The van der Waals surface area contributed by atoms with Gasteiger partial charge in [-0.3, -0.25) is 4.79 Å². The largest absolute Gasteiger partial charge is 0.492 e. The Bertz CT molecular complexity index is 1100. The predicted octanol–water partition coefficient (Wildman–Crippen LogP) is 5.79. The fourth-order valence-electron chi connectivity index (χ4n) is 10.2. The molecule has 1 aliphatic heterocycles. The summed E-state index contributed by atoms with van der Waals surface area (Å²) in [7, 11) is 0. The number of aliphatic hydroxyl groups excluding tert-OH is 1. The van der Waals surface area contributed by atoms with E-state index < -0.39 is 0 Å². The van der Waals surface area contributed by atoms with Gasteiger partial charge in [-0.2, -0.15) is 0 Å². The lowest BCUT2D eigenvalue weighted by Crippen LogP contribution is -2.51. The fraction of sp³-hybridized carbons (Fsp3) is 0.758. The Morgan fingerprint density at radius 3 is 2.67 bits per heavy atom. The molecule has 39 heavy (non-hydrogen) atoms. The van der Waals surface area contributed by atoms with Crippen molar-refractivity contribution in [3.8, 4) is 5.88 Å². The number of aliphatic hydroxyl groups is 1. The molecule has 1 aromatic heterocycles. The van der Waals surface area contributed by atoms with Gasteiger partial charge >= 0.3 is 0 Å². The van der Waals surface area contributed by atoms with Gasteiger partial charge < -0.3 is 20.0 Å². The average Bonchev–Trinajstić information content (AvgIpc) is 3.29. The number of hydrogen-bond acceptors (Lipinski definition) is 5. The molecule has 1 unspecified atom stereocenters. The Hall–Kier alpha value is -2.08. The van der Waals surface area contributed by atoms with Gasteiger partial charge in [-0.15, -0.1) is 0 Å². The van der Waals surface area contributed by atoms with Crippen LogP contribution in [0.15, 0.2) is 30.0 Å². The molecular formula is C33H49N3O3. The summed E-state index contributed by atoms with van der Waals surface area (Å²) in [6.45, 7) is 10.4. The van der Waals surface area contributed by atoms with Crippen molar-refractivity contribution < 1.29 is 15.0 Å². The summed E-state index contributed by atoms with van der Waals surface area (Å²) in [5.74, 6) is 4.03. The number of carbonyl (C=O) groups is 1. The molecule has 0 aromatic carbocycles. The maximum Gasteiger partial charge on any atom is 0.235 e. The summed E-state index contributed by atoms with van der Waals surface area (Å²) in [6.07, 6.45) is 15.2. The number of aromatic nitrogens is 1. The summed E-state index contributed by atoms with van der Waals surface area (Å²) < 4.78 is 0. The van der Waals surface area contributed by atoms with Gasteiger partial charge in [-0.25, -0.2) is 4.98 Å². The van der Waals surface area contributed by atoms with Crippen LogP contribution in [0.3, 0.4) is 0 Å². The lowest BCUT2D eigenvalue weighted by molar-refractivity contribution is -0.132. The topological polar surface area (TPSA) is 76.9 Å². The van der Waals surface area contributed by atoms with E-state index in [4.69, 9.17) is 0 Å². The van der Waals surface area contributed by atoms with Crippen molar-refractivity contribution in [3.05, 3.63) is 30.0 Å². The average molecular weight is 536 g/mol. The van der Waals surface area contributed by atoms with Crippen molar-refractivity contribution in [1.29, 1.82) is 0 Å². The molecular weight excluding hydrogens is 486 g/mol. The van der Waals surface area contributed by atoms with E-state index in [1.54, 1.807) is 11.8 Å². The number of allylic oxidation sites excluding steroid dienone is 1. The standard InChI is InChI=1S/C33H49N3O3/c1-22(6-11-30(38)36-19-17-35(18-20-36)29-5-4-16-34-31(29)39)26-9-10-27-25-8-7-23-21-24(37)12-14-32(23,2)28(25)13-15-33(26,27)3/h4-5,7,16,22,24-28,37H,6,8-15,17-21H2,1-3H3,(H,34,39)/t22?,24-,25-,26+,27-,28-,32-,33+/m0/s1. The third-order valence-corrected chi connectivity index (χ3v) is 12.4. The highest BCUT2D eigenvalue weighted by molar-refractivity contribution is 5.76. The van der Waals surface area contributed by atoms with Crippen LogP contribution in [-0.2, 0) is 4.79 Å². The van der Waals surface area contributed by atoms with Gasteiger partial charge in [0.05, 0.1) is 11.8 Å². The molecule has 2 heterocycles. The Balaban J connectivity index is 1.04. The van der Waals surface area contributed by atoms with E-state index >= 15 is 0 Å². The van der Waals surface area contributed by atoms with E-state index in [-0.39, 0.29) is 17.9 Å². The van der Waals surface area contributed by atoms with E-state index in [1.807, 2.05) is 17.0 Å². The molecule has 1 aromatic rings. The minimum absolute atomic E-state index is 0.0693. The van der Waals surface area contributed by atoms with E-state index in [9.17, 15) is 15.0 Å². The van der Waals surface area contributed by atoms with Crippen molar-refractivity contribution in [3.63, 3.8) is 0 Å². The number of anilines is 1. The molecule has 3 saturated carbocycles. The van der Waals surface area contributed by atoms with Crippen LogP contribution >= 0.6 is 0 Å².